The van der Waals surface area contributed by atoms with Crippen molar-refractivity contribution in [1.82, 2.24) is 10.2 Å². The molecule has 0 atom stereocenters. The Labute approximate surface area is 189 Å². The number of piperidine rings is 1. The van der Waals surface area contributed by atoms with Crippen molar-refractivity contribution in [1.29, 1.82) is 0 Å². The molecule has 1 aliphatic rings. The Morgan fingerprint density at radius 2 is 1.88 bits per heavy atom. The van der Waals surface area contributed by atoms with Crippen LogP contribution in [0.25, 0.3) is 10.4 Å². The maximum atomic E-state index is 13.6. The summed E-state index contributed by atoms with van der Waals surface area (Å²) in [6.07, 6.45) is 0.783. The lowest BCUT2D eigenvalue weighted by Crippen LogP contribution is -2.47. The minimum Gasteiger partial charge on any atom is -0.444 e. The number of likely N-dealkylation sites (tertiary alicyclic amines) is 1. The third-order valence-electron chi connectivity index (χ3n) is 4.79. The van der Waals surface area contributed by atoms with Gasteiger partial charge in [0.05, 0.1) is 5.69 Å². The Bertz CT molecular complexity index is 1010. The van der Waals surface area contributed by atoms with E-state index in [2.05, 4.69) is 10.6 Å². The third-order valence-corrected chi connectivity index (χ3v) is 5.97. The fourth-order valence-electron chi connectivity index (χ4n) is 3.35. The van der Waals surface area contributed by atoms with E-state index in [0.717, 1.165) is 11.3 Å². The summed E-state index contributed by atoms with van der Waals surface area (Å²) in [5.74, 6) is -0.764. The Morgan fingerprint density at radius 1 is 1.19 bits per heavy atom. The van der Waals surface area contributed by atoms with Crippen molar-refractivity contribution >= 4 is 35.1 Å². The highest BCUT2D eigenvalue weighted by Crippen LogP contribution is 2.35. The third kappa shape index (κ3) is 6.19. The second-order valence-corrected chi connectivity index (χ2v) is 9.62. The van der Waals surface area contributed by atoms with Gasteiger partial charge in [-0.15, -0.1) is 11.3 Å². The fraction of sp³-hybridized carbons (Fsp3) is 0.409. The molecule has 8 nitrogen and oxygen atoms in total. The van der Waals surface area contributed by atoms with Crippen LogP contribution in [-0.2, 0) is 4.74 Å². The molecular weight excluding hydrogens is 435 g/mol. The van der Waals surface area contributed by atoms with Gasteiger partial charge in [0.2, 0.25) is 0 Å². The number of primary amides is 1. The average molecular weight is 463 g/mol. The smallest absolute Gasteiger partial charge is 0.410 e. The van der Waals surface area contributed by atoms with Crippen LogP contribution in [-0.4, -0.2) is 47.7 Å². The van der Waals surface area contributed by atoms with E-state index >= 15 is 0 Å². The molecule has 0 unspecified atom stereocenters. The molecule has 172 valence electrons. The quantitative estimate of drug-likeness (QED) is 0.633. The molecule has 1 aromatic heterocycles. The number of benzene rings is 1. The first-order valence-electron chi connectivity index (χ1n) is 10.3. The number of carbonyl (C=O) groups is 3. The number of carbonyl (C=O) groups excluding carboxylic acids is 3. The van der Waals surface area contributed by atoms with Crippen LogP contribution in [0.2, 0.25) is 0 Å². The van der Waals surface area contributed by atoms with Gasteiger partial charge in [0, 0.05) is 24.0 Å². The molecule has 0 spiro atoms. The summed E-state index contributed by atoms with van der Waals surface area (Å²) in [5, 5.41) is 5.42. The number of anilines is 1. The predicted molar refractivity (Wildman–Crippen MR) is 121 cm³/mol. The van der Waals surface area contributed by atoms with Gasteiger partial charge in [0.25, 0.3) is 5.91 Å². The number of thiophene rings is 1. The highest BCUT2D eigenvalue weighted by molar-refractivity contribution is 7.18. The topological polar surface area (TPSA) is 114 Å². The number of amides is 4. The molecule has 1 saturated heterocycles. The maximum absolute atomic E-state index is 13.6. The number of hydrogen-bond donors (Lipinski definition) is 3. The van der Waals surface area contributed by atoms with Crippen molar-refractivity contribution in [3.05, 3.63) is 41.0 Å². The van der Waals surface area contributed by atoms with Crippen LogP contribution in [0, 0.1) is 5.82 Å². The number of rotatable bonds is 4. The summed E-state index contributed by atoms with van der Waals surface area (Å²) in [4.78, 5) is 39.1. The zero-order chi connectivity index (χ0) is 23.5. The molecule has 0 aliphatic carbocycles. The van der Waals surface area contributed by atoms with Crippen molar-refractivity contribution in [2.45, 2.75) is 45.3 Å². The molecule has 1 fully saturated rings. The van der Waals surface area contributed by atoms with Gasteiger partial charge < -0.3 is 26.0 Å². The first-order chi connectivity index (χ1) is 15.0. The van der Waals surface area contributed by atoms with Crippen molar-refractivity contribution in [2.75, 3.05) is 18.4 Å². The summed E-state index contributed by atoms with van der Waals surface area (Å²) in [6, 6.07) is 6.64. The summed E-state index contributed by atoms with van der Waals surface area (Å²) in [5.41, 5.74) is 5.54. The molecule has 4 amide bonds. The molecule has 3 rings (SSSR count). The van der Waals surface area contributed by atoms with Crippen LogP contribution >= 0.6 is 11.3 Å². The van der Waals surface area contributed by atoms with E-state index in [1.165, 1.54) is 12.1 Å². The van der Waals surface area contributed by atoms with Gasteiger partial charge >= 0.3 is 12.1 Å². The van der Waals surface area contributed by atoms with E-state index in [-0.39, 0.29) is 28.6 Å². The summed E-state index contributed by atoms with van der Waals surface area (Å²) in [7, 11) is 0. The Balaban J connectivity index is 1.68. The van der Waals surface area contributed by atoms with Gasteiger partial charge in [-0.2, -0.15) is 0 Å². The molecule has 4 N–H and O–H groups in total. The number of halogens is 1. The highest BCUT2D eigenvalue weighted by atomic mass is 32.1. The predicted octanol–water partition coefficient (Wildman–Crippen LogP) is 4.17. The molecule has 10 heteroatoms. The number of nitrogens with two attached hydrogens (primary N) is 1. The van der Waals surface area contributed by atoms with Crippen molar-refractivity contribution in [2.24, 2.45) is 5.73 Å². The van der Waals surface area contributed by atoms with E-state index in [1.807, 2.05) is 20.8 Å². The molecule has 2 heterocycles. The van der Waals surface area contributed by atoms with Crippen LogP contribution in [0.15, 0.2) is 30.3 Å². The van der Waals surface area contributed by atoms with Crippen LogP contribution < -0.4 is 16.4 Å². The SMILES string of the molecule is CC(C)(C)OC(=O)N1CCC(NC(=O)c2sc(-c3cccc(F)c3)cc2NC(N)=O)CC1. The number of nitrogens with one attached hydrogen (secondary N) is 2. The fourth-order valence-corrected chi connectivity index (χ4v) is 4.37. The number of nitrogens with zero attached hydrogens (tertiary/aromatic N) is 1. The molecule has 1 aromatic carbocycles. The first-order valence-corrected chi connectivity index (χ1v) is 11.1. The number of hydrogen-bond acceptors (Lipinski definition) is 5. The summed E-state index contributed by atoms with van der Waals surface area (Å²) in [6.45, 7) is 6.37. The van der Waals surface area contributed by atoms with Crippen molar-refractivity contribution < 1.29 is 23.5 Å². The van der Waals surface area contributed by atoms with E-state index in [4.69, 9.17) is 10.5 Å². The van der Waals surface area contributed by atoms with Crippen LogP contribution in [0.4, 0.5) is 19.7 Å². The molecule has 32 heavy (non-hydrogen) atoms. The van der Waals surface area contributed by atoms with E-state index < -0.39 is 17.4 Å². The van der Waals surface area contributed by atoms with E-state index in [0.29, 0.717) is 36.4 Å². The Kier molecular flexibility index (Phi) is 7.02. The minimum absolute atomic E-state index is 0.137. The Hall–Kier alpha value is -3.14. The van der Waals surface area contributed by atoms with Gasteiger partial charge in [-0.25, -0.2) is 14.0 Å². The largest absolute Gasteiger partial charge is 0.444 e. The lowest BCUT2D eigenvalue weighted by atomic mass is 10.1. The zero-order valence-corrected chi connectivity index (χ0v) is 19.1. The van der Waals surface area contributed by atoms with Crippen LogP contribution in [0.3, 0.4) is 0 Å². The molecule has 2 aromatic rings. The second kappa shape index (κ2) is 9.56. The first kappa shape index (κ1) is 23.5. The molecule has 1 aliphatic heterocycles. The second-order valence-electron chi connectivity index (χ2n) is 8.57. The highest BCUT2D eigenvalue weighted by Gasteiger charge is 2.28. The molecule has 0 bridgehead atoms. The van der Waals surface area contributed by atoms with Gasteiger partial charge in [0.15, 0.2) is 0 Å². The van der Waals surface area contributed by atoms with Gasteiger partial charge in [-0.3, -0.25) is 4.79 Å². The van der Waals surface area contributed by atoms with Gasteiger partial charge in [-0.05, 0) is 57.4 Å². The minimum atomic E-state index is -0.798. The monoisotopic (exact) mass is 462 g/mol. The Morgan fingerprint density at radius 3 is 2.47 bits per heavy atom. The lowest BCUT2D eigenvalue weighted by molar-refractivity contribution is 0.0199. The number of ether oxygens (including phenoxy) is 1. The molecule has 0 radical (unpaired) electrons. The van der Waals surface area contributed by atoms with E-state index in [1.54, 1.807) is 23.1 Å². The number of urea groups is 1. The summed E-state index contributed by atoms with van der Waals surface area (Å²) < 4.78 is 19.0. The summed E-state index contributed by atoms with van der Waals surface area (Å²) >= 11 is 1.14. The van der Waals surface area contributed by atoms with Crippen LogP contribution in [0.5, 0.6) is 0 Å². The normalized spacial score (nSPS) is 14.7. The van der Waals surface area contributed by atoms with Crippen molar-refractivity contribution in [3.63, 3.8) is 0 Å². The van der Waals surface area contributed by atoms with Gasteiger partial charge in [0.1, 0.15) is 16.3 Å². The van der Waals surface area contributed by atoms with E-state index in [9.17, 15) is 18.8 Å². The zero-order valence-electron chi connectivity index (χ0n) is 18.2. The molecule has 0 saturated carbocycles. The van der Waals surface area contributed by atoms with Crippen molar-refractivity contribution in [3.8, 4) is 10.4 Å². The van der Waals surface area contributed by atoms with Gasteiger partial charge in [-0.1, -0.05) is 12.1 Å². The molecular formula is C22H27FN4O4S. The van der Waals surface area contributed by atoms with Crippen LogP contribution in [0.1, 0.15) is 43.3 Å². The average Bonchev–Trinajstić information content (AvgIpc) is 3.10. The standard InChI is InChI=1S/C22H27FN4O4S/c1-22(2,3)31-21(30)27-9-7-15(8-10-27)25-19(28)18-16(26-20(24)29)12-17(32-18)13-5-4-6-14(23)11-13/h4-6,11-12,15H,7-10H2,1-3H3,(H,25,28)(H3,24,26,29). The maximum Gasteiger partial charge on any atom is 0.410 e. The lowest BCUT2D eigenvalue weighted by Gasteiger charge is -2.33.